The van der Waals surface area contributed by atoms with Crippen molar-refractivity contribution in [3.05, 3.63) is 28.8 Å². The summed E-state index contributed by atoms with van der Waals surface area (Å²) in [6.45, 7) is 1.82. The third kappa shape index (κ3) is 2.96. The molecule has 0 saturated heterocycles. The molecule has 0 radical (unpaired) electrons. The lowest BCUT2D eigenvalue weighted by atomic mass is 10.2. The molecule has 0 aliphatic carbocycles. The highest BCUT2D eigenvalue weighted by molar-refractivity contribution is 6.33. The summed E-state index contributed by atoms with van der Waals surface area (Å²) in [6.07, 6.45) is 0.543. The van der Waals surface area contributed by atoms with Crippen LogP contribution in [0.15, 0.2) is 18.2 Å². The molecule has 1 aromatic carbocycles. The van der Waals surface area contributed by atoms with Crippen LogP contribution < -0.4 is 11.1 Å². The van der Waals surface area contributed by atoms with Crippen LogP contribution in [0, 0.1) is 11.3 Å². The minimum atomic E-state index is -0.568. The minimum Gasteiger partial charge on any atom is -0.323 e. The van der Waals surface area contributed by atoms with Gasteiger partial charge >= 0.3 is 0 Å². The molecular weight excluding hydrogens is 226 g/mol. The van der Waals surface area contributed by atoms with E-state index in [4.69, 9.17) is 22.6 Å². The molecule has 1 aromatic rings. The zero-order valence-corrected chi connectivity index (χ0v) is 9.58. The summed E-state index contributed by atoms with van der Waals surface area (Å²) in [5.41, 5.74) is 6.41. The number of rotatable bonds is 3. The molecule has 0 fully saturated rings. The average Bonchev–Trinajstić information content (AvgIpc) is 2.30. The van der Waals surface area contributed by atoms with Gasteiger partial charge in [0.1, 0.15) is 0 Å². The second-order valence-corrected chi connectivity index (χ2v) is 3.72. The molecule has 0 aliphatic rings. The molecule has 16 heavy (non-hydrogen) atoms. The monoisotopic (exact) mass is 237 g/mol. The number of amides is 1. The molecule has 1 amide bonds. The Morgan fingerprint density at radius 1 is 1.69 bits per heavy atom. The van der Waals surface area contributed by atoms with Gasteiger partial charge in [0.15, 0.2) is 0 Å². The van der Waals surface area contributed by atoms with Crippen LogP contribution in [-0.2, 0) is 4.79 Å². The van der Waals surface area contributed by atoms with E-state index in [1.165, 1.54) is 6.07 Å². The van der Waals surface area contributed by atoms with Gasteiger partial charge in [-0.05, 0) is 24.6 Å². The maximum absolute atomic E-state index is 11.5. The second-order valence-electron chi connectivity index (χ2n) is 3.31. The minimum absolute atomic E-state index is 0.306. The SMILES string of the molecule is CC[C@H](N)C(=O)Nc1cc(C#N)ccc1Cl. The molecule has 1 rings (SSSR count). The molecule has 0 saturated carbocycles. The Kier molecular flexibility index (Phi) is 4.29. The largest absolute Gasteiger partial charge is 0.323 e. The Hall–Kier alpha value is -1.57. The molecule has 0 aromatic heterocycles. The Labute approximate surface area is 99.0 Å². The van der Waals surface area contributed by atoms with Crippen molar-refractivity contribution < 1.29 is 4.79 Å². The first-order valence-electron chi connectivity index (χ1n) is 4.84. The molecule has 4 nitrogen and oxygen atoms in total. The molecule has 0 unspecified atom stereocenters. The number of nitriles is 1. The number of nitrogens with two attached hydrogens (primary N) is 1. The van der Waals surface area contributed by atoms with Crippen molar-refractivity contribution in [2.45, 2.75) is 19.4 Å². The van der Waals surface area contributed by atoms with Gasteiger partial charge in [0.2, 0.25) is 5.91 Å². The van der Waals surface area contributed by atoms with E-state index in [0.717, 1.165) is 0 Å². The topological polar surface area (TPSA) is 78.9 Å². The van der Waals surface area contributed by atoms with Gasteiger partial charge in [-0.3, -0.25) is 4.79 Å². The van der Waals surface area contributed by atoms with Gasteiger partial charge in [0.05, 0.1) is 28.4 Å². The molecule has 0 spiro atoms. The van der Waals surface area contributed by atoms with Crippen molar-refractivity contribution in [3.8, 4) is 6.07 Å². The quantitative estimate of drug-likeness (QED) is 0.843. The van der Waals surface area contributed by atoms with E-state index in [9.17, 15) is 4.79 Å². The van der Waals surface area contributed by atoms with Gasteiger partial charge in [-0.2, -0.15) is 5.26 Å². The van der Waals surface area contributed by atoms with Crippen LogP contribution in [0.2, 0.25) is 5.02 Å². The Balaban J connectivity index is 2.89. The second kappa shape index (κ2) is 5.50. The number of nitrogens with one attached hydrogen (secondary N) is 1. The third-order valence-corrected chi connectivity index (χ3v) is 2.46. The molecule has 0 bridgehead atoms. The fourth-order valence-corrected chi connectivity index (χ4v) is 1.27. The predicted octanol–water partition coefficient (Wildman–Crippen LogP) is 1.89. The number of benzene rings is 1. The summed E-state index contributed by atoms with van der Waals surface area (Å²) in [5, 5.41) is 11.7. The molecule has 1 atom stereocenters. The van der Waals surface area contributed by atoms with Crippen molar-refractivity contribution in [2.24, 2.45) is 5.73 Å². The number of nitrogens with zero attached hydrogens (tertiary/aromatic N) is 1. The van der Waals surface area contributed by atoms with Crippen molar-refractivity contribution >= 4 is 23.2 Å². The number of hydrogen-bond donors (Lipinski definition) is 2. The van der Waals surface area contributed by atoms with Crippen LogP contribution in [0.25, 0.3) is 0 Å². The Morgan fingerprint density at radius 2 is 2.38 bits per heavy atom. The smallest absolute Gasteiger partial charge is 0.241 e. The molecule has 0 heterocycles. The van der Waals surface area contributed by atoms with Gasteiger partial charge in [0, 0.05) is 0 Å². The van der Waals surface area contributed by atoms with Gasteiger partial charge in [-0.1, -0.05) is 18.5 Å². The van der Waals surface area contributed by atoms with E-state index >= 15 is 0 Å². The number of halogens is 1. The summed E-state index contributed by atoms with van der Waals surface area (Å²) in [4.78, 5) is 11.5. The van der Waals surface area contributed by atoms with E-state index in [-0.39, 0.29) is 5.91 Å². The zero-order chi connectivity index (χ0) is 12.1. The van der Waals surface area contributed by atoms with Crippen LogP contribution in [0.4, 0.5) is 5.69 Å². The lowest BCUT2D eigenvalue weighted by Gasteiger charge is -2.11. The van der Waals surface area contributed by atoms with E-state index in [0.29, 0.717) is 22.7 Å². The summed E-state index contributed by atoms with van der Waals surface area (Å²) < 4.78 is 0. The van der Waals surface area contributed by atoms with Crippen LogP contribution in [0.1, 0.15) is 18.9 Å². The maximum atomic E-state index is 11.5. The van der Waals surface area contributed by atoms with E-state index < -0.39 is 6.04 Å². The van der Waals surface area contributed by atoms with Crippen molar-refractivity contribution in [2.75, 3.05) is 5.32 Å². The zero-order valence-electron chi connectivity index (χ0n) is 8.83. The van der Waals surface area contributed by atoms with Gasteiger partial charge in [0.25, 0.3) is 0 Å². The third-order valence-electron chi connectivity index (χ3n) is 2.13. The molecular formula is C11H12ClN3O. The van der Waals surface area contributed by atoms with Crippen molar-refractivity contribution in [3.63, 3.8) is 0 Å². The molecule has 5 heteroatoms. The lowest BCUT2D eigenvalue weighted by molar-refractivity contribution is -0.117. The van der Waals surface area contributed by atoms with E-state index in [1.54, 1.807) is 12.1 Å². The highest BCUT2D eigenvalue weighted by Gasteiger charge is 2.12. The van der Waals surface area contributed by atoms with Crippen LogP contribution >= 0.6 is 11.6 Å². The highest BCUT2D eigenvalue weighted by Crippen LogP contribution is 2.22. The molecule has 84 valence electrons. The molecule has 3 N–H and O–H groups in total. The molecule has 0 aliphatic heterocycles. The maximum Gasteiger partial charge on any atom is 0.241 e. The first kappa shape index (κ1) is 12.5. The fraction of sp³-hybridized carbons (Fsp3) is 0.273. The first-order valence-corrected chi connectivity index (χ1v) is 5.22. The Morgan fingerprint density at radius 3 is 2.94 bits per heavy atom. The van der Waals surface area contributed by atoms with Crippen LogP contribution in [0.3, 0.4) is 0 Å². The van der Waals surface area contributed by atoms with E-state index in [2.05, 4.69) is 5.32 Å². The number of carbonyl (C=O) groups excluding carboxylic acids is 1. The average molecular weight is 238 g/mol. The normalized spacial score (nSPS) is 11.6. The summed E-state index contributed by atoms with van der Waals surface area (Å²) >= 11 is 5.88. The van der Waals surface area contributed by atoms with Gasteiger partial charge in [-0.25, -0.2) is 0 Å². The standard InChI is InChI=1S/C11H12ClN3O/c1-2-9(14)11(16)15-10-5-7(6-13)3-4-8(10)12/h3-5,9H,2,14H2,1H3,(H,15,16)/t9-/m0/s1. The summed E-state index contributed by atoms with van der Waals surface area (Å²) in [5.74, 6) is -0.306. The van der Waals surface area contributed by atoms with Crippen molar-refractivity contribution in [1.82, 2.24) is 0 Å². The van der Waals surface area contributed by atoms with Gasteiger partial charge in [-0.15, -0.1) is 0 Å². The van der Waals surface area contributed by atoms with Crippen LogP contribution in [-0.4, -0.2) is 11.9 Å². The van der Waals surface area contributed by atoms with Crippen molar-refractivity contribution in [1.29, 1.82) is 5.26 Å². The van der Waals surface area contributed by atoms with E-state index in [1.807, 2.05) is 13.0 Å². The number of hydrogen-bond acceptors (Lipinski definition) is 3. The summed E-state index contributed by atoms with van der Waals surface area (Å²) in [7, 11) is 0. The number of anilines is 1. The van der Waals surface area contributed by atoms with Gasteiger partial charge < -0.3 is 11.1 Å². The highest BCUT2D eigenvalue weighted by atomic mass is 35.5. The predicted molar refractivity (Wildman–Crippen MR) is 63.1 cm³/mol. The number of carbonyl (C=O) groups is 1. The fourth-order valence-electron chi connectivity index (χ4n) is 1.10. The summed E-state index contributed by atoms with van der Waals surface area (Å²) in [6, 6.07) is 6.06. The Bertz CT molecular complexity index is 439. The first-order chi connectivity index (χ1) is 7.58. The lowest BCUT2D eigenvalue weighted by Crippen LogP contribution is -2.34. The van der Waals surface area contributed by atoms with Crippen LogP contribution in [0.5, 0.6) is 0 Å².